The van der Waals surface area contributed by atoms with Crippen LogP contribution in [-0.4, -0.2) is 15.2 Å². The third-order valence-electron chi connectivity index (χ3n) is 4.81. The molecule has 2 atom stereocenters. The molecule has 0 saturated heterocycles. The van der Waals surface area contributed by atoms with Crippen LogP contribution in [0.2, 0.25) is 0 Å². The molecule has 4 heteroatoms. The molecular weight excluding hydrogens is 188 g/mol. The van der Waals surface area contributed by atoms with E-state index in [1.54, 1.807) is 0 Å². The number of anilines is 1. The number of fused-ring (bicyclic) bond motifs is 5. The Morgan fingerprint density at radius 3 is 2.73 bits per heavy atom. The second kappa shape index (κ2) is 2.31. The van der Waals surface area contributed by atoms with Crippen LogP contribution in [0.3, 0.4) is 0 Å². The van der Waals surface area contributed by atoms with Crippen molar-refractivity contribution in [2.24, 2.45) is 5.41 Å². The van der Waals surface area contributed by atoms with Gasteiger partial charge in [-0.15, -0.1) is 10.2 Å². The average Bonchev–Trinajstić information content (AvgIpc) is 2.48. The van der Waals surface area contributed by atoms with Crippen LogP contribution in [0.15, 0.2) is 0 Å². The van der Waals surface area contributed by atoms with Gasteiger partial charge in [-0.3, -0.25) is 0 Å². The van der Waals surface area contributed by atoms with E-state index in [-0.39, 0.29) is 10.8 Å². The maximum atomic E-state index is 5.63. The first-order valence-corrected chi connectivity index (χ1v) is 5.47. The zero-order valence-electron chi connectivity index (χ0n) is 9.41. The van der Waals surface area contributed by atoms with Crippen molar-refractivity contribution in [1.29, 1.82) is 0 Å². The third-order valence-corrected chi connectivity index (χ3v) is 4.81. The van der Waals surface area contributed by atoms with Gasteiger partial charge >= 0.3 is 0 Å². The molecular formula is C11H16N4. The van der Waals surface area contributed by atoms with Crippen LogP contribution in [-0.2, 0) is 5.41 Å². The molecule has 0 amide bonds. The highest BCUT2D eigenvalue weighted by Crippen LogP contribution is 2.66. The Kier molecular flexibility index (Phi) is 1.40. The number of hydrogen-bond donors (Lipinski definition) is 1. The lowest BCUT2D eigenvalue weighted by Crippen LogP contribution is -2.32. The summed E-state index contributed by atoms with van der Waals surface area (Å²) in [5.74, 6) is 0.816. The summed E-state index contributed by atoms with van der Waals surface area (Å²) >= 11 is 0. The fraction of sp³-hybridized carbons (Fsp3) is 0.727. The molecule has 2 N–H and O–H groups in total. The van der Waals surface area contributed by atoms with Gasteiger partial charge in [0.2, 0.25) is 5.95 Å². The molecule has 2 bridgehead atoms. The lowest BCUT2D eigenvalue weighted by molar-refractivity contribution is 0.227. The van der Waals surface area contributed by atoms with Gasteiger partial charge in [0.1, 0.15) is 0 Å². The largest absolute Gasteiger partial charge is 0.366 e. The van der Waals surface area contributed by atoms with Crippen LogP contribution in [0, 0.1) is 5.41 Å². The van der Waals surface area contributed by atoms with Crippen LogP contribution in [0.4, 0.5) is 5.95 Å². The quantitative estimate of drug-likeness (QED) is 0.697. The van der Waals surface area contributed by atoms with E-state index >= 15 is 0 Å². The Balaban J connectivity index is 2.29. The topological polar surface area (TPSA) is 64.7 Å². The summed E-state index contributed by atoms with van der Waals surface area (Å²) < 4.78 is 0. The minimum Gasteiger partial charge on any atom is -0.366 e. The molecule has 1 saturated carbocycles. The molecule has 1 aromatic heterocycles. The SMILES string of the molecule is CC1(C)[C@H]2CC[C@]1(C)c1nc(N)nnc12. The predicted octanol–water partition coefficient (Wildman–Crippen LogP) is 1.63. The molecule has 3 rings (SSSR count). The summed E-state index contributed by atoms with van der Waals surface area (Å²) in [6.07, 6.45) is 2.40. The molecule has 15 heavy (non-hydrogen) atoms. The van der Waals surface area contributed by atoms with Gasteiger partial charge in [0.25, 0.3) is 0 Å². The molecule has 0 unspecified atom stereocenters. The molecule has 0 aromatic carbocycles. The maximum Gasteiger partial charge on any atom is 0.240 e. The molecule has 0 aliphatic heterocycles. The highest BCUT2D eigenvalue weighted by atomic mass is 15.2. The summed E-state index contributed by atoms with van der Waals surface area (Å²) in [4.78, 5) is 4.41. The summed E-state index contributed by atoms with van der Waals surface area (Å²) in [6, 6.07) is 0. The van der Waals surface area contributed by atoms with E-state index in [0.29, 0.717) is 11.9 Å². The molecule has 80 valence electrons. The van der Waals surface area contributed by atoms with Crippen molar-refractivity contribution >= 4 is 5.95 Å². The predicted molar refractivity (Wildman–Crippen MR) is 57.3 cm³/mol. The van der Waals surface area contributed by atoms with E-state index in [9.17, 15) is 0 Å². The maximum absolute atomic E-state index is 5.63. The van der Waals surface area contributed by atoms with Crippen molar-refractivity contribution in [3.63, 3.8) is 0 Å². The Labute approximate surface area is 89.3 Å². The molecule has 1 aromatic rings. The lowest BCUT2D eigenvalue weighted by Gasteiger charge is -2.33. The number of hydrogen-bond acceptors (Lipinski definition) is 4. The van der Waals surface area contributed by atoms with E-state index in [4.69, 9.17) is 5.73 Å². The number of nitrogens with two attached hydrogens (primary N) is 1. The second-order valence-corrected chi connectivity index (χ2v) is 5.55. The Morgan fingerprint density at radius 1 is 1.27 bits per heavy atom. The first-order valence-electron chi connectivity index (χ1n) is 5.47. The van der Waals surface area contributed by atoms with E-state index < -0.39 is 0 Å². The van der Waals surface area contributed by atoms with Gasteiger partial charge in [-0.1, -0.05) is 20.8 Å². The smallest absolute Gasteiger partial charge is 0.240 e. The van der Waals surface area contributed by atoms with Crippen molar-refractivity contribution in [2.45, 2.75) is 44.9 Å². The molecule has 1 fully saturated rings. The number of rotatable bonds is 0. The van der Waals surface area contributed by atoms with Crippen LogP contribution < -0.4 is 5.73 Å². The Morgan fingerprint density at radius 2 is 2.00 bits per heavy atom. The minimum absolute atomic E-state index is 0.136. The van der Waals surface area contributed by atoms with Crippen molar-refractivity contribution < 1.29 is 0 Å². The van der Waals surface area contributed by atoms with Gasteiger partial charge in [0, 0.05) is 11.3 Å². The fourth-order valence-electron chi connectivity index (χ4n) is 3.39. The normalized spacial score (nSPS) is 35.5. The highest BCUT2D eigenvalue weighted by Gasteiger charge is 2.61. The summed E-state index contributed by atoms with van der Waals surface area (Å²) in [5, 5.41) is 8.13. The van der Waals surface area contributed by atoms with Gasteiger partial charge in [0.15, 0.2) is 0 Å². The van der Waals surface area contributed by atoms with Crippen LogP contribution in [0.1, 0.15) is 50.9 Å². The van der Waals surface area contributed by atoms with Gasteiger partial charge < -0.3 is 5.73 Å². The van der Waals surface area contributed by atoms with E-state index in [0.717, 1.165) is 11.4 Å². The molecule has 4 nitrogen and oxygen atoms in total. The molecule has 1 heterocycles. The molecule has 2 aliphatic rings. The number of aromatic nitrogens is 3. The molecule has 2 aliphatic carbocycles. The fourth-order valence-corrected chi connectivity index (χ4v) is 3.39. The van der Waals surface area contributed by atoms with Crippen LogP contribution in [0.5, 0.6) is 0 Å². The zero-order chi connectivity index (χ0) is 10.8. The first kappa shape index (κ1) is 9.07. The van der Waals surface area contributed by atoms with Gasteiger partial charge in [-0.25, -0.2) is 4.98 Å². The number of nitrogens with zero attached hydrogens (tertiary/aromatic N) is 3. The second-order valence-electron chi connectivity index (χ2n) is 5.55. The summed E-state index contributed by atoms with van der Waals surface area (Å²) in [5.41, 5.74) is 8.18. The van der Waals surface area contributed by atoms with Gasteiger partial charge in [0.05, 0.1) is 11.4 Å². The standard InChI is InChI=1S/C11H16N4/c1-10(2)6-4-5-11(10,3)8-7(6)14-15-9(12)13-8/h6H,4-5H2,1-3H3,(H2,12,13,15)/t6-,11+/m0/s1. The Hall–Kier alpha value is -1.19. The monoisotopic (exact) mass is 204 g/mol. The van der Waals surface area contributed by atoms with Crippen molar-refractivity contribution in [2.75, 3.05) is 5.73 Å². The first-order chi connectivity index (χ1) is 6.97. The van der Waals surface area contributed by atoms with Crippen molar-refractivity contribution in [1.82, 2.24) is 15.2 Å². The van der Waals surface area contributed by atoms with Gasteiger partial charge in [-0.05, 0) is 18.3 Å². The minimum atomic E-state index is 0.136. The highest BCUT2D eigenvalue weighted by molar-refractivity contribution is 5.42. The van der Waals surface area contributed by atoms with Crippen LogP contribution >= 0.6 is 0 Å². The van der Waals surface area contributed by atoms with Gasteiger partial charge in [-0.2, -0.15) is 0 Å². The number of nitrogen functional groups attached to an aromatic ring is 1. The van der Waals surface area contributed by atoms with E-state index in [2.05, 4.69) is 36.0 Å². The molecule has 0 spiro atoms. The van der Waals surface area contributed by atoms with Crippen LogP contribution in [0.25, 0.3) is 0 Å². The Bertz CT molecular complexity index is 440. The van der Waals surface area contributed by atoms with E-state index in [1.165, 1.54) is 12.8 Å². The summed E-state index contributed by atoms with van der Waals surface area (Å²) in [7, 11) is 0. The van der Waals surface area contributed by atoms with Crippen molar-refractivity contribution in [3.05, 3.63) is 11.4 Å². The summed E-state index contributed by atoms with van der Waals surface area (Å²) in [6.45, 7) is 6.90. The third kappa shape index (κ3) is 0.817. The molecule has 0 radical (unpaired) electrons. The van der Waals surface area contributed by atoms with E-state index in [1.807, 2.05) is 0 Å². The van der Waals surface area contributed by atoms with Crippen molar-refractivity contribution in [3.8, 4) is 0 Å². The average molecular weight is 204 g/mol. The zero-order valence-corrected chi connectivity index (χ0v) is 9.41. The lowest BCUT2D eigenvalue weighted by atomic mass is 9.70.